The summed E-state index contributed by atoms with van der Waals surface area (Å²) in [6.45, 7) is -0.420. The summed E-state index contributed by atoms with van der Waals surface area (Å²) < 4.78 is 26.4. The van der Waals surface area contributed by atoms with Crippen molar-refractivity contribution in [3.05, 3.63) is 88.2 Å². The van der Waals surface area contributed by atoms with Crippen molar-refractivity contribution >= 4 is 45.6 Å². The highest BCUT2D eigenvalue weighted by atomic mass is 32.1. The van der Waals surface area contributed by atoms with Crippen molar-refractivity contribution in [3.8, 4) is 0 Å². The van der Waals surface area contributed by atoms with Crippen molar-refractivity contribution in [2.24, 2.45) is 0 Å². The Labute approximate surface area is 197 Å². The number of hydrogen-bond donors (Lipinski definition) is 4. The fourth-order valence-electron chi connectivity index (χ4n) is 3.44. The first-order valence-corrected chi connectivity index (χ1v) is 11.2. The molecule has 3 amide bonds. The second-order valence-corrected chi connectivity index (χ2v) is 8.41. The number of anilines is 1. The van der Waals surface area contributed by atoms with E-state index in [2.05, 4.69) is 20.9 Å². The molecule has 0 aliphatic carbocycles. The lowest BCUT2D eigenvalue weighted by Crippen LogP contribution is -2.49. The molecule has 2 aromatic heterocycles. The number of aromatic nitrogens is 1. The lowest BCUT2D eigenvalue weighted by molar-refractivity contribution is -0.125. The number of amides is 3. The molecule has 4 aromatic rings. The van der Waals surface area contributed by atoms with Crippen molar-refractivity contribution in [1.29, 1.82) is 0 Å². The minimum Gasteiger partial charge on any atom is -0.361 e. The monoisotopic (exact) mass is 482 g/mol. The van der Waals surface area contributed by atoms with E-state index >= 15 is 0 Å². The number of para-hydroxylation sites is 1. The lowest BCUT2D eigenvalue weighted by Gasteiger charge is -2.18. The molecule has 174 valence electrons. The Hall–Kier alpha value is -4.05. The van der Waals surface area contributed by atoms with Gasteiger partial charge in [0.2, 0.25) is 11.8 Å². The zero-order valence-electron chi connectivity index (χ0n) is 17.7. The summed E-state index contributed by atoms with van der Waals surface area (Å²) in [5, 5.41) is 10.3. The molecule has 0 saturated heterocycles. The van der Waals surface area contributed by atoms with Crippen molar-refractivity contribution < 1.29 is 23.2 Å². The maximum Gasteiger partial charge on any atom is 0.262 e. The molecule has 0 bridgehead atoms. The Morgan fingerprint density at radius 1 is 1.00 bits per heavy atom. The Morgan fingerprint density at radius 2 is 1.82 bits per heavy atom. The first-order chi connectivity index (χ1) is 16.4. The van der Waals surface area contributed by atoms with Crippen molar-refractivity contribution in [2.75, 3.05) is 11.9 Å². The summed E-state index contributed by atoms with van der Waals surface area (Å²) in [7, 11) is 0. The number of fused-ring (bicyclic) bond motifs is 1. The maximum atomic E-state index is 13.3. The zero-order valence-corrected chi connectivity index (χ0v) is 18.5. The first kappa shape index (κ1) is 23.1. The molecule has 0 fully saturated rings. The molecule has 0 unspecified atom stereocenters. The summed E-state index contributed by atoms with van der Waals surface area (Å²) in [6, 6.07) is 12.9. The van der Waals surface area contributed by atoms with Gasteiger partial charge in [-0.15, -0.1) is 11.3 Å². The zero-order chi connectivity index (χ0) is 24.1. The Morgan fingerprint density at radius 3 is 2.59 bits per heavy atom. The standard InChI is InChI=1S/C24H20F2N4O3S/c25-17-8-7-15(11-18(17)26)29-22(31)13-28-23(32)20(30-24(33)21-6-3-9-34-21)10-14-12-27-19-5-2-1-4-16(14)19/h1-9,11-12,20,27H,10,13H2,(H,28,32)(H,29,31)(H,30,33)/t20-/m1/s1. The topological polar surface area (TPSA) is 103 Å². The van der Waals surface area contributed by atoms with Gasteiger partial charge in [0.15, 0.2) is 11.6 Å². The van der Waals surface area contributed by atoms with Gasteiger partial charge in [-0.2, -0.15) is 0 Å². The average molecular weight is 483 g/mol. The number of carbonyl (C=O) groups is 3. The molecule has 0 saturated carbocycles. The van der Waals surface area contributed by atoms with Crippen molar-refractivity contribution in [2.45, 2.75) is 12.5 Å². The molecule has 0 aliphatic heterocycles. The highest BCUT2D eigenvalue weighted by molar-refractivity contribution is 7.12. The van der Waals surface area contributed by atoms with Gasteiger partial charge >= 0.3 is 0 Å². The van der Waals surface area contributed by atoms with E-state index in [0.717, 1.165) is 28.6 Å². The van der Waals surface area contributed by atoms with Crippen LogP contribution < -0.4 is 16.0 Å². The molecular weight excluding hydrogens is 462 g/mol. The molecule has 4 rings (SSSR count). The normalized spacial score (nSPS) is 11.7. The van der Waals surface area contributed by atoms with Crippen LogP contribution in [0.15, 0.2) is 66.2 Å². The smallest absolute Gasteiger partial charge is 0.262 e. The van der Waals surface area contributed by atoms with Gasteiger partial charge < -0.3 is 20.9 Å². The van der Waals surface area contributed by atoms with Gasteiger partial charge in [0, 0.05) is 35.3 Å². The van der Waals surface area contributed by atoms with Gasteiger partial charge in [0.05, 0.1) is 11.4 Å². The number of H-pyrrole nitrogens is 1. The number of benzene rings is 2. The van der Waals surface area contributed by atoms with Crippen LogP contribution in [0, 0.1) is 11.6 Å². The summed E-state index contributed by atoms with van der Waals surface area (Å²) in [5.74, 6) is -3.73. The molecular formula is C24H20F2N4O3S. The summed E-state index contributed by atoms with van der Waals surface area (Å²) in [4.78, 5) is 41.4. The van der Waals surface area contributed by atoms with Crippen LogP contribution in [0.3, 0.4) is 0 Å². The number of hydrogen-bond acceptors (Lipinski definition) is 4. The second kappa shape index (κ2) is 10.3. The molecule has 10 heteroatoms. The predicted octanol–water partition coefficient (Wildman–Crippen LogP) is 3.60. The van der Waals surface area contributed by atoms with E-state index in [0.29, 0.717) is 4.88 Å². The van der Waals surface area contributed by atoms with Crippen LogP contribution in [-0.2, 0) is 16.0 Å². The van der Waals surface area contributed by atoms with Crippen molar-refractivity contribution in [3.63, 3.8) is 0 Å². The van der Waals surface area contributed by atoms with Crippen LogP contribution in [0.4, 0.5) is 14.5 Å². The van der Waals surface area contributed by atoms with E-state index in [-0.39, 0.29) is 12.1 Å². The summed E-state index contributed by atoms with van der Waals surface area (Å²) >= 11 is 1.25. The largest absolute Gasteiger partial charge is 0.361 e. The number of thiophene rings is 1. The molecule has 2 aromatic carbocycles. The third-order valence-electron chi connectivity index (χ3n) is 5.09. The maximum absolute atomic E-state index is 13.3. The van der Waals surface area contributed by atoms with Crippen LogP contribution >= 0.6 is 11.3 Å². The van der Waals surface area contributed by atoms with Crippen molar-refractivity contribution in [1.82, 2.24) is 15.6 Å². The highest BCUT2D eigenvalue weighted by Crippen LogP contribution is 2.20. The molecule has 34 heavy (non-hydrogen) atoms. The number of carbonyl (C=O) groups excluding carboxylic acids is 3. The fourth-order valence-corrected chi connectivity index (χ4v) is 4.06. The molecule has 2 heterocycles. The van der Waals surface area contributed by atoms with Crippen LogP contribution in [0.25, 0.3) is 10.9 Å². The number of nitrogens with one attached hydrogen (secondary N) is 4. The number of halogens is 2. The molecule has 0 radical (unpaired) electrons. The van der Waals surface area contributed by atoms with E-state index in [1.807, 2.05) is 24.3 Å². The van der Waals surface area contributed by atoms with E-state index in [1.165, 1.54) is 17.4 Å². The average Bonchev–Trinajstić information content (AvgIpc) is 3.50. The van der Waals surface area contributed by atoms with Crippen LogP contribution in [-0.4, -0.2) is 35.3 Å². The third kappa shape index (κ3) is 5.46. The van der Waals surface area contributed by atoms with E-state index in [9.17, 15) is 23.2 Å². The minimum absolute atomic E-state index is 0.0551. The fraction of sp³-hybridized carbons (Fsp3) is 0.125. The lowest BCUT2D eigenvalue weighted by atomic mass is 10.0. The molecule has 0 aliphatic rings. The Kier molecular flexibility index (Phi) is 6.98. The highest BCUT2D eigenvalue weighted by Gasteiger charge is 2.24. The van der Waals surface area contributed by atoms with Crippen LogP contribution in [0.5, 0.6) is 0 Å². The molecule has 1 atom stereocenters. The van der Waals surface area contributed by atoms with Crippen LogP contribution in [0.2, 0.25) is 0 Å². The third-order valence-corrected chi connectivity index (χ3v) is 5.96. The van der Waals surface area contributed by atoms with Gasteiger partial charge in [-0.25, -0.2) is 8.78 Å². The minimum atomic E-state index is -1.10. The quantitative estimate of drug-likeness (QED) is 0.309. The van der Waals surface area contributed by atoms with Crippen LogP contribution in [0.1, 0.15) is 15.2 Å². The van der Waals surface area contributed by atoms with Gasteiger partial charge in [0.1, 0.15) is 6.04 Å². The van der Waals surface area contributed by atoms with E-state index < -0.39 is 41.9 Å². The number of rotatable bonds is 8. The first-order valence-electron chi connectivity index (χ1n) is 10.3. The summed E-state index contributed by atoms with van der Waals surface area (Å²) in [6.07, 6.45) is 1.97. The second-order valence-electron chi connectivity index (χ2n) is 7.46. The van der Waals surface area contributed by atoms with E-state index in [1.54, 1.807) is 23.7 Å². The van der Waals surface area contributed by atoms with Gasteiger partial charge in [0.25, 0.3) is 5.91 Å². The molecule has 0 spiro atoms. The predicted molar refractivity (Wildman–Crippen MR) is 126 cm³/mol. The van der Waals surface area contributed by atoms with E-state index in [4.69, 9.17) is 0 Å². The molecule has 4 N–H and O–H groups in total. The Bertz CT molecular complexity index is 1340. The number of aromatic amines is 1. The molecule has 7 nitrogen and oxygen atoms in total. The Balaban J connectivity index is 1.44. The van der Waals surface area contributed by atoms with Gasteiger partial charge in [-0.1, -0.05) is 24.3 Å². The van der Waals surface area contributed by atoms with Gasteiger partial charge in [-0.05, 0) is 35.2 Å². The SMILES string of the molecule is O=C(CNC(=O)[C@@H](Cc1c[nH]c2ccccc12)NC(=O)c1cccs1)Nc1ccc(F)c(F)c1. The summed E-state index contributed by atoms with van der Waals surface area (Å²) in [5.41, 5.74) is 1.78. The van der Waals surface area contributed by atoms with Gasteiger partial charge in [-0.3, -0.25) is 14.4 Å².